The number of rotatable bonds is 2. The third-order valence-corrected chi connectivity index (χ3v) is 5.84. The first-order valence-electron chi connectivity index (χ1n) is 6.92. The van der Waals surface area contributed by atoms with Crippen LogP contribution in [-0.2, 0) is 4.74 Å². The molecule has 0 spiro atoms. The Balaban J connectivity index is 2.06. The minimum atomic E-state index is 0.230. The molecule has 0 aliphatic heterocycles. The Kier molecular flexibility index (Phi) is 1.98. The molecule has 0 aromatic carbocycles. The number of hydrogen-bond acceptors (Lipinski definition) is 1. The molecule has 4 aliphatic carbocycles. The third-order valence-electron chi connectivity index (χ3n) is 5.84. The first kappa shape index (κ1) is 11.1. The summed E-state index contributed by atoms with van der Waals surface area (Å²) >= 11 is 0. The lowest BCUT2D eigenvalue weighted by Crippen LogP contribution is -2.63. The summed E-state index contributed by atoms with van der Waals surface area (Å²) < 4.78 is 6.01. The highest BCUT2D eigenvalue weighted by atomic mass is 16.5. The van der Waals surface area contributed by atoms with Gasteiger partial charge in [-0.25, -0.2) is 0 Å². The van der Waals surface area contributed by atoms with Crippen LogP contribution < -0.4 is 0 Å². The van der Waals surface area contributed by atoms with E-state index in [0.29, 0.717) is 16.2 Å². The fraction of sp³-hybridized carbons (Fsp3) is 1.00. The molecule has 1 nitrogen and oxygen atoms in total. The van der Waals surface area contributed by atoms with Crippen molar-refractivity contribution in [3.63, 3.8) is 0 Å². The molecule has 0 N–H and O–H groups in total. The van der Waals surface area contributed by atoms with Gasteiger partial charge >= 0.3 is 0 Å². The van der Waals surface area contributed by atoms with Gasteiger partial charge in [0.2, 0.25) is 0 Å². The molecule has 0 radical (unpaired) electrons. The van der Waals surface area contributed by atoms with Gasteiger partial charge in [-0.2, -0.15) is 0 Å². The summed E-state index contributed by atoms with van der Waals surface area (Å²) in [6, 6.07) is 0. The zero-order valence-electron chi connectivity index (χ0n) is 11.4. The molecule has 2 atom stereocenters. The van der Waals surface area contributed by atoms with Gasteiger partial charge in [0, 0.05) is 7.11 Å². The Morgan fingerprint density at radius 3 is 1.88 bits per heavy atom. The molecule has 0 heterocycles. The lowest BCUT2D eigenvalue weighted by atomic mass is 9.38. The second-order valence-electron chi connectivity index (χ2n) is 7.92. The first-order valence-corrected chi connectivity index (χ1v) is 6.92. The Hall–Kier alpha value is -0.0400. The topological polar surface area (TPSA) is 9.23 Å². The number of hydrogen-bond donors (Lipinski definition) is 0. The van der Waals surface area contributed by atoms with Crippen molar-refractivity contribution in [3.05, 3.63) is 0 Å². The SMILES string of the molecule is CCC12CC3(C)CC(C)(C1)CC(OC)(C3)C2. The van der Waals surface area contributed by atoms with Crippen LogP contribution in [0, 0.1) is 16.2 Å². The van der Waals surface area contributed by atoms with Crippen LogP contribution in [0.15, 0.2) is 0 Å². The molecule has 2 unspecified atom stereocenters. The van der Waals surface area contributed by atoms with Crippen LogP contribution >= 0.6 is 0 Å². The van der Waals surface area contributed by atoms with Crippen molar-refractivity contribution in [2.45, 2.75) is 71.3 Å². The molecule has 1 heteroatoms. The van der Waals surface area contributed by atoms with E-state index in [0.717, 1.165) is 0 Å². The maximum absolute atomic E-state index is 6.01. The van der Waals surface area contributed by atoms with Gasteiger partial charge in [-0.15, -0.1) is 0 Å². The van der Waals surface area contributed by atoms with Crippen molar-refractivity contribution < 1.29 is 4.74 Å². The van der Waals surface area contributed by atoms with Crippen LogP contribution in [0.4, 0.5) is 0 Å². The van der Waals surface area contributed by atoms with Crippen molar-refractivity contribution in [1.82, 2.24) is 0 Å². The van der Waals surface area contributed by atoms with Gasteiger partial charge < -0.3 is 4.74 Å². The van der Waals surface area contributed by atoms with Crippen molar-refractivity contribution in [2.75, 3.05) is 7.11 Å². The summed E-state index contributed by atoms with van der Waals surface area (Å²) in [5.74, 6) is 0. The van der Waals surface area contributed by atoms with Gasteiger partial charge in [0.15, 0.2) is 0 Å². The Morgan fingerprint density at radius 1 is 0.875 bits per heavy atom. The Bertz CT molecular complexity index is 275. The Labute approximate surface area is 99.9 Å². The van der Waals surface area contributed by atoms with E-state index in [1.165, 1.54) is 44.9 Å². The minimum Gasteiger partial charge on any atom is -0.378 e. The molecule has 0 saturated heterocycles. The molecule has 4 bridgehead atoms. The average Bonchev–Trinajstić information content (AvgIpc) is 2.12. The number of ether oxygens (including phenoxy) is 1. The molecule has 0 aromatic rings. The van der Waals surface area contributed by atoms with Crippen molar-refractivity contribution >= 4 is 0 Å². The predicted octanol–water partition coefficient (Wildman–Crippen LogP) is 4.16. The highest BCUT2D eigenvalue weighted by molar-refractivity contribution is 5.16. The van der Waals surface area contributed by atoms with Crippen LogP contribution in [0.3, 0.4) is 0 Å². The minimum absolute atomic E-state index is 0.230. The van der Waals surface area contributed by atoms with E-state index < -0.39 is 0 Å². The van der Waals surface area contributed by atoms with Gasteiger partial charge in [0.1, 0.15) is 0 Å². The summed E-state index contributed by atoms with van der Waals surface area (Å²) in [4.78, 5) is 0. The van der Waals surface area contributed by atoms with E-state index in [4.69, 9.17) is 4.74 Å². The zero-order valence-corrected chi connectivity index (χ0v) is 11.4. The van der Waals surface area contributed by atoms with E-state index >= 15 is 0 Å². The van der Waals surface area contributed by atoms with E-state index in [1.54, 1.807) is 0 Å². The summed E-state index contributed by atoms with van der Waals surface area (Å²) in [7, 11) is 1.95. The second kappa shape index (κ2) is 2.85. The number of methoxy groups -OCH3 is 1. The van der Waals surface area contributed by atoms with Gasteiger partial charge in [-0.3, -0.25) is 0 Å². The van der Waals surface area contributed by atoms with Crippen LogP contribution in [0.5, 0.6) is 0 Å². The van der Waals surface area contributed by atoms with Crippen molar-refractivity contribution in [3.8, 4) is 0 Å². The van der Waals surface area contributed by atoms with E-state index in [1.807, 2.05) is 7.11 Å². The summed E-state index contributed by atoms with van der Waals surface area (Å²) in [5.41, 5.74) is 1.97. The van der Waals surface area contributed by atoms with Gasteiger partial charge in [-0.05, 0) is 54.8 Å². The molecule has 4 aliphatic rings. The highest BCUT2D eigenvalue weighted by Crippen LogP contribution is 2.72. The van der Waals surface area contributed by atoms with Gasteiger partial charge in [-0.1, -0.05) is 27.2 Å². The summed E-state index contributed by atoms with van der Waals surface area (Å²) in [6.45, 7) is 7.42. The normalized spacial score (nSPS) is 59.2. The molecule has 4 rings (SSSR count). The standard InChI is InChI=1S/C15H26O/c1-5-14-7-12(2)6-13(3,8-14)10-15(9-12,11-14)16-4/h5-11H2,1-4H3. The fourth-order valence-electron chi connectivity index (χ4n) is 6.42. The van der Waals surface area contributed by atoms with E-state index in [2.05, 4.69) is 20.8 Å². The molecular weight excluding hydrogens is 196 g/mol. The summed E-state index contributed by atoms with van der Waals surface area (Å²) in [5, 5.41) is 0. The largest absolute Gasteiger partial charge is 0.378 e. The van der Waals surface area contributed by atoms with Crippen molar-refractivity contribution in [2.24, 2.45) is 16.2 Å². The highest BCUT2D eigenvalue weighted by Gasteiger charge is 2.65. The lowest BCUT2D eigenvalue weighted by molar-refractivity contribution is -0.236. The van der Waals surface area contributed by atoms with Crippen LogP contribution in [-0.4, -0.2) is 12.7 Å². The van der Waals surface area contributed by atoms with E-state index in [9.17, 15) is 0 Å². The fourth-order valence-corrected chi connectivity index (χ4v) is 6.42. The molecule has 16 heavy (non-hydrogen) atoms. The maximum Gasteiger partial charge on any atom is 0.0694 e. The van der Waals surface area contributed by atoms with E-state index in [-0.39, 0.29) is 5.60 Å². The molecule has 0 amide bonds. The summed E-state index contributed by atoms with van der Waals surface area (Å²) in [6.07, 6.45) is 9.66. The average molecular weight is 222 g/mol. The maximum atomic E-state index is 6.01. The van der Waals surface area contributed by atoms with Gasteiger partial charge in [0.25, 0.3) is 0 Å². The van der Waals surface area contributed by atoms with Crippen LogP contribution in [0.25, 0.3) is 0 Å². The molecule has 0 aromatic heterocycles. The zero-order chi connectivity index (χ0) is 11.7. The first-order chi connectivity index (χ1) is 7.36. The molecule has 92 valence electrons. The van der Waals surface area contributed by atoms with Crippen molar-refractivity contribution in [1.29, 1.82) is 0 Å². The van der Waals surface area contributed by atoms with Crippen LogP contribution in [0.2, 0.25) is 0 Å². The molecular formula is C15H26O. The lowest BCUT2D eigenvalue weighted by Gasteiger charge is -2.69. The third kappa shape index (κ3) is 1.33. The molecule has 4 fully saturated rings. The quantitative estimate of drug-likeness (QED) is 0.681. The Morgan fingerprint density at radius 2 is 1.44 bits per heavy atom. The second-order valence-corrected chi connectivity index (χ2v) is 7.92. The predicted molar refractivity (Wildman–Crippen MR) is 66.4 cm³/mol. The monoisotopic (exact) mass is 222 g/mol. The molecule has 4 saturated carbocycles. The smallest absolute Gasteiger partial charge is 0.0694 e. The van der Waals surface area contributed by atoms with Gasteiger partial charge in [0.05, 0.1) is 5.60 Å². The van der Waals surface area contributed by atoms with Crippen LogP contribution in [0.1, 0.15) is 65.7 Å².